The van der Waals surface area contributed by atoms with Crippen molar-refractivity contribution in [2.75, 3.05) is 29.9 Å². The van der Waals surface area contributed by atoms with Gasteiger partial charge in [0.15, 0.2) is 0 Å². The van der Waals surface area contributed by atoms with E-state index >= 15 is 0 Å². The Balaban J connectivity index is 1.21. The van der Waals surface area contributed by atoms with Crippen LogP contribution in [-0.2, 0) is 11.2 Å². The average molecular weight is 506 g/mol. The lowest BCUT2D eigenvalue weighted by molar-refractivity contribution is -0.112. The first-order valence-electron chi connectivity index (χ1n) is 12.6. The first-order chi connectivity index (χ1) is 18.7. The number of furan rings is 1. The Bertz CT molecular complexity index is 1560. The second kappa shape index (κ2) is 10.4. The molecule has 1 atom stereocenters. The number of pyridine rings is 2. The number of nitrogens with zero attached hydrogens (tertiary/aromatic N) is 3. The second-order valence-corrected chi connectivity index (χ2v) is 9.29. The summed E-state index contributed by atoms with van der Waals surface area (Å²) in [6.45, 7) is 2.54. The number of hydrogen-bond acceptors (Lipinski definition) is 6. The molecule has 1 aromatic carbocycles. The zero-order valence-corrected chi connectivity index (χ0v) is 20.7. The lowest BCUT2D eigenvalue weighted by Gasteiger charge is -2.37. The zero-order chi connectivity index (χ0) is 25.9. The molecule has 4 aromatic heterocycles. The smallest absolute Gasteiger partial charge is 0.299 e. The standard InChI is InChI=1S/C30H27N5O3/c36-29(28-26(21-7-2-1-3-8-21)18-22-9-4-5-14-35(22)28)30(37)33-27-12-11-23(20-32-27)34-15-13-31-19-24(34)17-25-10-6-16-38-25/h1-12,14,16,18,20,24,31H,13,15,17,19H2,(H,32,33,37). The van der Waals surface area contributed by atoms with E-state index in [4.69, 9.17) is 4.42 Å². The third-order valence-corrected chi connectivity index (χ3v) is 6.87. The van der Waals surface area contributed by atoms with E-state index in [0.29, 0.717) is 17.1 Å². The molecule has 38 heavy (non-hydrogen) atoms. The highest BCUT2D eigenvalue weighted by molar-refractivity contribution is 6.47. The van der Waals surface area contributed by atoms with E-state index in [9.17, 15) is 9.59 Å². The molecule has 6 rings (SSSR count). The summed E-state index contributed by atoms with van der Waals surface area (Å²) >= 11 is 0. The molecular weight excluding hydrogens is 478 g/mol. The minimum absolute atomic E-state index is 0.220. The van der Waals surface area contributed by atoms with E-state index in [-0.39, 0.29) is 6.04 Å². The number of piperazine rings is 1. The van der Waals surface area contributed by atoms with Crippen molar-refractivity contribution < 1.29 is 14.0 Å². The third kappa shape index (κ3) is 4.69. The molecule has 1 unspecified atom stereocenters. The Kier molecular flexibility index (Phi) is 6.46. The molecular formula is C30H27N5O3. The minimum Gasteiger partial charge on any atom is -0.469 e. The first kappa shape index (κ1) is 23.7. The number of carbonyl (C=O) groups excluding carboxylic acids is 2. The Hall–Kier alpha value is -4.69. The first-order valence-corrected chi connectivity index (χ1v) is 12.6. The molecule has 1 fully saturated rings. The van der Waals surface area contributed by atoms with Gasteiger partial charge in [0, 0.05) is 49.4 Å². The van der Waals surface area contributed by atoms with Gasteiger partial charge in [0.2, 0.25) is 0 Å². The fourth-order valence-electron chi connectivity index (χ4n) is 5.05. The largest absolute Gasteiger partial charge is 0.469 e. The molecule has 5 heterocycles. The molecule has 0 spiro atoms. The highest BCUT2D eigenvalue weighted by Crippen LogP contribution is 2.28. The van der Waals surface area contributed by atoms with Crippen LogP contribution in [0.25, 0.3) is 16.6 Å². The molecule has 1 aliphatic rings. The number of Topliss-reactive ketones (excluding diaryl/α,β-unsaturated/α-hetero) is 1. The van der Waals surface area contributed by atoms with Gasteiger partial charge >= 0.3 is 0 Å². The number of hydrogen-bond donors (Lipinski definition) is 2. The molecule has 1 aliphatic heterocycles. The fourth-order valence-corrected chi connectivity index (χ4v) is 5.05. The molecule has 1 amide bonds. The normalized spacial score (nSPS) is 15.5. The lowest BCUT2D eigenvalue weighted by Crippen LogP contribution is -2.52. The van der Waals surface area contributed by atoms with Crippen LogP contribution in [0.2, 0.25) is 0 Å². The van der Waals surface area contributed by atoms with Gasteiger partial charge in [-0.15, -0.1) is 0 Å². The van der Waals surface area contributed by atoms with Crippen molar-refractivity contribution in [2.24, 2.45) is 0 Å². The van der Waals surface area contributed by atoms with Crippen LogP contribution in [0.15, 0.2) is 102 Å². The molecule has 0 saturated carbocycles. The van der Waals surface area contributed by atoms with Crippen molar-refractivity contribution in [3.05, 3.63) is 109 Å². The van der Waals surface area contributed by atoms with Crippen molar-refractivity contribution in [2.45, 2.75) is 12.5 Å². The van der Waals surface area contributed by atoms with Gasteiger partial charge in [0.25, 0.3) is 11.7 Å². The van der Waals surface area contributed by atoms with Crippen molar-refractivity contribution >= 4 is 28.7 Å². The summed E-state index contributed by atoms with van der Waals surface area (Å²) in [5, 5.41) is 6.13. The van der Waals surface area contributed by atoms with E-state index in [1.807, 2.05) is 72.8 Å². The van der Waals surface area contributed by atoms with Crippen molar-refractivity contribution in [1.82, 2.24) is 14.7 Å². The summed E-state index contributed by atoms with van der Waals surface area (Å²) in [7, 11) is 0. The number of fused-ring (bicyclic) bond motifs is 1. The summed E-state index contributed by atoms with van der Waals surface area (Å²) in [6.07, 6.45) is 6.00. The Labute approximate surface area is 219 Å². The molecule has 190 valence electrons. The molecule has 2 N–H and O–H groups in total. The zero-order valence-electron chi connectivity index (χ0n) is 20.7. The maximum Gasteiger partial charge on any atom is 0.299 e. The van der Waals surface area contributed by atoms with E-state index in [0.717, 1.165) is 48.6 Å². The Morgan fingerprint density at radius 1 is 1.03 bits per heavy atom. The molecule has 8 heteroatoms. The molecule has 8 nitrogen and oxygen atoms in total. The number of anilines is 2. The van der Waals surface area contributed by atoms with Gasteiger partial charge in [0.1, 0.15) is 17.3 Å². The van der Waals surface area contributed by atoms with Gasteiger partial charge in [-0.2, -0.15) is 0 Å². The maximum absolute atomic E-state index is 13.4. The van der Waals surface area contributed by atoms with E-state index in [1.165, 1.54) is 0 Å². The number of carbonyl (C=O) groups is 2. The molecule has 0 bridgehead atoms. The summed E-state index contributed by atoms with van der Waals surface area (Å²) in [4.78, 5) is 33.3. The predicted molar refractivity (Wildman–Crippen MR) is 146 cm³/mol. The van der Waals surface area contributed by atoms with Gasteiger partial charge < -0.3 is 24.4 Å². The molecule has 0 aliphatic carbocycles. The predicted octanol–water partition coefficient (Wildman–Crippen LogP) is 4.44. The van der Waals surface area contributed by atoms with Crippen LogP contribution >= 0.6 is 0 Å². The lowest BCUT2D eigenvalue weighted by atomic mass is 10.0. The topological polar surface area (TPSA) is 91.9 Å². The van der Waals surface area contributed by atoms with E-state index < -0.39 is 11.7 Å². The Morgan fingerprint density at radius 3 is 2.68 bits per heavy atom. The number of ketones is 1. The van der Waals surface area contributed by atoms with Crippen LogP contribution < -0.4 is 15.5 Å². The Morgan fingerprint density at radius 2 is 1.89 bits per heavy atom. The van der Waals surface area contributed by atoms with Crippen LogP contribution in [0.1, 0.15) is 16.2 Å². The third-order valence-electron chi connectivity index (χ3n) is 6.87. The van der Waals surface area contributed by atoms with Gasteiger partial charge in [-0.25, -0.2) is 4.98 Å². The van der Waals surface area contributed by atoms with Gasteiger partial charge in [0.05, 0.1) is 18.1 Å². The van der Waals surface area contributed by atoms with Crippen LogP contribution in [0.3, 0.4) is 0 Å². The van der Waals surface area contributed by atoms with Gasteiger partial charge in [-0.1, -0.05) is 36.4 Å². The van der Waals surface area contributed by atoms with Crippen molar-refractivity contribution in [1.29, 1.82) is 0 Å². The summed E-state index contributed by atoms with van der Waals surface area (Å²) in [6, 6.07) is 25.0. The highest BCUT2D eigenvalue weighted by Gasteiger charge is 2.26. The van der Waals surface area contributed by atoms with Crippen LogP contribution in [-0.4, -0.2) is 46.8 Å². The number of nitrogens with one attached hydrogen (secondary N) is 2. The van der Waals surface area contributed by atoms with Gasteiger partial charge in [-0.3, -0.25) is 9.59 Å². The number of aromatic nitrogens is 2. The van der Waals surface area contributed by atoms with E-state index in [1.54, 1.807) is 29.1 Å². The van der Waals surface area contributed by atoms with Crippen molar-refractivity contribution in [3.63, 3.8) is 0 Å². The molecule has 5 aromatic rings. The average Bonchev–Trinajstić information content (AvgIpc) is 3.62. The second-order valence-electron chi connectivity index (χ2n) is 9.29. The fraction of sp³-hybridized carbons (Fsp3) is 0.167. The minimum atomic E-state index is -0.732. The van der Waals surface area contributed by atoms with E-state index in [2.05, 4.69) is 20.5 Å². The van der Waals surface area contributed by atoms with Crippen LogP contribution in [0, 0.1) is 0 Å². The number of rotatable bonds is 7. The SMILES string of the molecule is O=C(Nc1ccc(N2CCNCC2Cc2ccco2)cn1)C(=O)c1c(-c2ccccc2)cc2ccccn12. The summed E-state index contributed by atoms with van der Waals surface area (Å²) < 4.78 is 7.30. The van der Waals surface area contributed by atoms with Crippen LogP contribution in [0.5, 0.6) is 0 Å². The maximum atomic E-state index is 13.4. The number of benzene rings is 1. The number of amides is 1. The van der Waals surface area contributed by atoms with Gasteiger partial charge in [-0.05, 0) is 48.0 Å². The highest BCUT2D eigenvalue weighted by atomic mass is 16.3. The summed E-state index contributed by atoms with van der Waals surface area (Å²) in [5.41, 5.74) is 3.69. The quantitative estimate of drug-likeness (QED) is 0.251. The monoisotopic (exact) mass is 505 g/mol. The molecule has 0 radical (unpaired) electrons. The summed E-state index contributed by atoms with van der Waals surface area (Å²) in [5.74, 6) is -0.0931. The van der Waals surface area contributed by atoms with Crippen molar-refractivity contribution in [3.8, 4) is 11.1 Å². The van der Waals surface area contributed by atoms with Crippen LogP contribution in [0.4, 0.5) is 11.5 Å². The molecule has 1 saturated heterocycles.